The summed E-state index contributed by atoms with van der Waals surface area (Å²) in [4.78, 5) is 9.47. The van der Waals surface area contributed by atoms with Gasteiger partial charge in [-0.15, -0.1) is 0 Å². The van der Waals surface area contributed by atoms with Crippen LogP contribution in [-0.4, -0.2) is 6.29 Å². The summed E-state index contributed by atoms with van der Waals surface area (Å²) in [7, 11) is 0. The van der Waals surface area contributed by atoms with Gasteiger partial charge in [0, 0.05) is 32.7 Å². The summed E-state index contributed by atoms with van der Waals surface area (Å²) in [6, 6.07) is 0. The molecule has 0 bridgehead atoms. The topological polar surface area (TPSA) is 17.1 Å². The van der Waals surface area contributed by atoms with Crippen molar-refractivity contribution in [2.75, 3.05) is 0 Å². The number of unbranched alkanes of at least 4 members (excludes halogenated alkanes) is 2. The number of hydrogen-bond donors (Lipinski definition) is 0. The molecule has 0 saturated heterocycles. The van der Waals surface area contributed by atoms with E-state index in [4.69, 9.17) is 0 Å². The Balaban J connectivity index is -0.0000000546. The van der Waals surface area contributed by atoms with Gasteiger partial charge in [-0.25, -0.2) is 0 Å². The molecule has 0 aromatic carbocycles. The van der Waals surface area contributed by atoms with Crippen LogP contribution in [-0.2, 0) is 37.5 Å². The molecule has 0 spiro atoms. The minimum absolute atomic E-state index is 0. The van der Waals surface area contributed by atoms with E-state index in [1.807, 2.05) is 13.8 Å². The van der Waals surface area contributed by atoms with Crippen LogP contribution in [0.1, 0.15) is 46.5 Å². The quantitative estimate of drug-likeness (QED) is 0.669. The van der Waals surface area contributed by atoms with E-state index in [-0.39, 0.29) is 90.9 Å². The summed E-state index contributed by atoms with van der Waals surface area (Å²) >= 11 is 0. The van der Waals surface area contributed by atoms with Crippen molar-refractivity contribution in [3.05, 3.63) is 12.8 Å². The minimum Gasteiger partial charge on any atom is -0.544 e. The van der Waals surface area contributed by atoms with Gasteiger partial charge < -0.3 is 17.6 Å². The molecule has 1 nitrogen and oxygen atoms in total. The molecule has 0 amide bonds. The first-order valence-electron chi connectivity index (χ1n) is 4.12. The maximum Gasteiger partial charge on any atom is 1.00 e. The molecule has 1 radical (unpaired) electrons. The molecule has 0 rings (SSSR count). The minimum atomic E-state index is 0. The Hall–Kier alpha value is 2.58. The average molecular weight is 330 g/mol. The van der Waals surface area contributed by atoms with Crippen LogP contribution >= 0.6 is 0 Å². The van der Waals surface area contributed by atoms with Crippen LogP contribution in [0, 0.1) is 12.8 Å². The third-order valence-corrected chi connectivity index (χ3v) is 1.03. The molecule has 0 unspecified atom stereocenters. The molecular formula is C10H19ORbY-2. The predicted molar refractivity (Wildman–Crippen MR) is 49.8 cm³/mol. The normalized spacial score (nSPS) is 7.46. The van der Waals surface area contributed by atoms with Gasteiger partial charge in [-0.3, -0.25) is 12.7 Å². The van der Waals surface area contributed by atoms with E-state index in [1.54, 1.807) is 6.29 Å². The fraction of sp³-hybridized carbons (Fsp3) is 0.700. The first kappa shape index (κ1) is 24.7. The first-order valence-corrected chi connectivity index (χ1v) is 4.12. The molecule has 0 aliphatic carbocycles. The number of hydrogen-bond acceptors (Lipinski definition) is 1. The van der Waals surface area contributed by atoms with E-state index in [0.717, 1.165) is 12.3 Å². The summed E-state index contributed by atoms with van der Waals surface area (Å²) in [6.45, 7) is 9.66. The maximum absolute atomic E-state index is 9.47. The van der Waals surface area contributed by atoms with Crippen molar-refractivity contribution in [2.45, 2.75) is 46.5 Å². The van der Waals surface area contributed by atoms with Crippen LogP contribution in [0.15, 0.2) is 0 Å². The van der Waals surface area contributed by atoms with Gasteiger partial charge in [-0.05, 0) is 0 Å². The molecule has 71 valence electrons. The summed E-state index contributed by atoms with van der Waals surface area (Å²) < 4.78 is 0. The van der Waals surface area contributed by atoms with Gasteiger partial charge in [0.15, 0.2) is 0 Å². The van der Waals surface area contributed by atoms with Crippen molar-refractivity contribution < 1.29 is 95.7 Å². The predicted octanol–water partition coefficient (Wildman–Crippen LogP) is 0.113. The monoisotopic (exact) mass is 329 g/mol. The molecule has 13 heavy (non-hydrogen) atoms. The molecule has 0 heterocycles. The van der Waals surface area contributed by atoms with Gasteiger partial charge in [0.05, 0.1) is 0 Å². The van der Waals surface area contributed by atoms with Gasteiger partial charge in [0.25, 0.3) is 0 Å². The van der Waals surface area contributed by atoms with Crippen LogP contribution < -0.4 is 58.2 Å². The molecular weight excluding hydrogens is 310 g/mol. The van der Waals surface area contributed by atoms with Crippen molar-refractivity contribution in [1.29, 1.82) is 0 Å². The first-order chi connectivity index (χ1) is 5.18. The van der Waals surface area contributed by atoms with Crippen molar-refractivity contribution in [1.82, 2.24) is 0 Å². The Morgan fingerprint density at radius 1 is 1.38 bits per heavy atom. The maximum atomic E-state index is 9.47. The van der Waals surface area contributed by atoms with Crippen molar-refractivity contribution >= 4 is 6.29 Å². The summed E-state index contributed by atoms with van der Waals surface area (Å²) in [5.41, 5.74) is 0. The largest absolute Gasteiger partial charge is 1.00 e. The summed E-state index contributed by atoms with van der Waals surface area (Å²) in [6.07, 6.45) is 5.92. The SMILES string of the molecule is C[C-](C)C[C-]=O.[CH2-]CCCC.[Rb+].[Y]. The molecule has 0 fully saturated rings. The van der Waals surface area contributed by atoms with Crippen LogP contribution in [0.5, 0.6) is 0 Å². The third kappa shape index (κ3) is 40.2. The smallest absolute Gasteiger partial charge is 0.544 e. The second-order valence-corrected chi connectivity index (χ2v) is 2.74. The summed E-state index contributed by atoms with van der Waals surface area (Å²) in [5, 5.41) is 0. The van der Waals surface area contributed by atoms with Crippen molar-refractivity contribution in [2.24, 2.45) is 0 Å². The molecule has 0 aliphatic heterocycles. The van der Waals surface area contributed by atoms with E-state index in [0.29, 0.717) is 6.42 Å². The van der Waals surface area contributed by atoms with E-state index < -0.39 is 0 Å². The Morgan fingerprint density at radius 3 is 1.85 bits per heavy atom. The molecule has 3 heteroatoms. The Labute approximate surface area is 158 Å². The zero-order chi connectivity index (χ0) is 9.11. The van der Waals surface area contributed by atoms with Crippen LogP contribution in [0.25, 0.3) is 0 Å². The molecule has 0 N–H and O–H groups in total. The van der Waals surface area contributed by atoms with E-state index in [1.165, 1.54) is 12.8 Å². The van der Waals surface area contributed by atoms with E-state index in [2.05, 4.69) is 13.8 Å². The van der Waals surface area contributed by atoms with Gasteiger partial charge >= 0.3 is 58.2 Å². The fourth-order valence-corrected chi connectivity index (χ4v) is 0.394. The number of rotatable bonds is 4. The second-order valence-electron chi connectivity index (χ2n) is 2.74. The second kappa shape index (κ2) is 24.0. The third-order valence-electron chi connectivity index (χ3n) is 1.03. The van der Waals surface area contributed by atoms with Gasteiger partial charge in [0.2, 0.25) is 0 Å². The van der Waals surface area contributed by atoms with Gasteiger partial charge in [-0.1, -0.05) is 19.8 Å². The van der Waals surface area contributed by atoms with Crippen LogP contribution in [0.2, 0.25) is 0 Å². The Morgan fingerprint density at radius 2 is 1.85 bits per heavy atom. The van der Waals surface area contributed by atoms with E-state index >= 15 is 0 Å². The zero-order valence-electron chi connectivity index (χ0n) is 9.52. The summed E-state index contributed by atoms with van der Waals surface area (Å²) in [5.74, 6) is 1.12. The number of carbonyl (C=O) groups excluding carboxylic acids is 1. The standard InChI is InChI=1S/C5H8O.C5H11.Rb.Y/c1-5(2)3-4-6;1-3-5-4-2;;/h3H2,1-2H3;1,3-5H2,2H3;;/q-2;-1;+1;. The molecule has 0 aromatic heterocycles. The Kier molecular flexibility index (Phi) is 45.6. The fourth-order valence-electron chi connectivity index (χ4n) is 0.394. The van der Waals surface area contributed by atoms with Crippen molar-refractivity contribution in [3.63, 3.8) is 0 Å². The zero-order valence-corrected chi connectivity index (χ0v) is 17.3. The van der Waals surface area contributed by atoms with E-state index in [9.17, 15) is 4.79 Å². The van der Waals surface area contributed by atoms with Gasteiger partial charge in [0.1, 0.15) is 0 Å². The Bertz CT molecular complexity index is 75.3. The molecule has 0 aliphatic rings. The average Bonchev–Trinajstić information content (AvgIpc) is 1.90. The van der Waals surface area contributed by atoms with Crippen molar-refractivity contribution in [3.8, 4) is 0 Å². The van der Waals surface area contributed by atoms with Crippen LogP contribution in [0.3, 0.4) is 0 Å². The van der Waals surface area contributed by atoms with Crippen LogP contribution in [0.4, 0.5) is 0 Å². The molecule has 0 atom stereocenters. The molecule has 0 saturated carbocycles. The van der Waals surface area contributed by atoms with Gasteiger partial charge in [-0.2, -0.15) is 20.3 Å². The molecule has 0 aromatic rings.